The van der Waals surface area contributed by atoms with Gasteiger partial charge in [0.15, 0.2) is 0 Å². The number of carboxylic acids is 3. The van der Waals surface area contributed by atoms with Crippen LogP contribution in [0.3, 0.4) is 0 Å². The third-order valence-electron chi connectivity index (χ3n) is 11.2. The average molecular weight is 1010 g/mol. The fraction of sp³-hybridized carbons (Fsp3) is 0.842. The minimum atomic E-state index is -0.914. The van der Waals surface area contributed by atoms with Crippen molar-refractivity contribution in [3.05, 3.63) is 36.5 Å². The Kier molecular flexibility index (Phi) is 73.3. The molecular formula is C57H106O6Sn. The first-order chi connectivity index (χ1) is 31.2. The quantitative estimate of drug-likeness (QED) is 0.0340. The Labute approximate surface area is 412 Å². The zero-order valence-electron chi connectivity index (χ0n) is 43.0. The Morgan fingerprint density at radius 1 is 0.281 bits per heavy atom. The molecule has 0 unspecified atom stereocenters. The number of hydrogen-bond donors (Lipinski definition) is 0. The normalized spacial score (nSPS) is 11.0. The van der Waals surface area contributed by atoms with E-state index in [4.69, 9.17) is 0 Å². The molecule has 0 atom stereocenters. The Morgan fingerprint density at radius 3 is 0.594 bits per heavy atom. The van der Waals surface area contributed by atoms with Gasteiger partial charge in [-0.25, -0.2) is 0 Å². The van der Waals surface area contributed by atoms with Gasteiger partial charge in [-0.2, -0.15) is 0 Å². The molecule has 64 heavy (non-hydrogen) atoms. The van der Waals surface area contributed by atoms with Crippen molar-refractivity contribution >= 4 is 40.4 Å². The van der Waals surface area contributed by atoms with Gasteiger partial charge in [0, 0.05) is 17.9 Å². The number of aliphatic carboxylic acids is 3. The molecular weight excluding hydrogens is 899 g/mol. The number of allylic oxidation sites excluding steroid dienone is 6. The molecule has 0 aliphatic rings. The molecule has 0 aromatic rings. The van der Waals surface area contributed by atoms with Gasteiger partial charge in [0.2, 0.25) is 0 Å². The summed E-state index contributed by atoms with van der Waals surface area (Å²) in [6.45, 7) is 8.97. The molecule has 0 amide bonds. The summed E-state index contributed by atoms with van der Waals surface area (Å²) in [4.78, 5) is 30.6. The number of carbonyl (C=O) groups is 3. The van der Waals surface area contributed by atoms with Crippen LogP contribution in [0, 0.1) is 0 Å². The summed E-state index contributed by atoms with van der Waals surface area (Å²) in [5.41, 5.74) is 0. The SMILES string of the molecule is CCCCCCCCC=CCCCCCCCC(=O)[O-].CCCCCCCCC=CCCCCCCCC(=O)[O-].CCCCCCCCC=CCCCCCCCC(=O)[O-].CC[CH2][Sn+3]. The van der Waals surface area contributed by atoms with Crippen molar-refractivity contribution in [2.75, 3.05) is 0 Å². The van der Waals surface area contributed by atoms with Crippen molar-refractivity contribution < 1.29 is 29.7 Å². The van der Waals surface area contributed by atoms with Crippen LogP contribution < -0.4 is 15.3 Å². The van der Waals surface area contributed by atoms with Gasteiger partial charge in [-0.1, -0.05) is 211 Å². The van der Waals surface area contributed by atoms with Gasteiger partial charge in [0.25, 0.3) is 0 Å². The number of carbonyl (C=O) groups excluding carboxylic acids is 3. The fourth-order valence-electron chi connectivity index (χ4n) is 7.02. The van der Waals surface area contributed by atoms with Crippen LogP contribution in [0.15, 0.2) is 36.5 Å². The van der Waals surface area contributed by atoms with Crippen molar-refractivity contribution in [2.24, 2.45) is 0 Å². The van der Waals surface area contributed by atoms with E-state index < -0.39 is 17.9 Å². The molecule has 0 aromatic carbocycles. The van der Waals surface area contributed by atoms with Crippen LogP contribution in [-0.2, 0) is 14.4 Å². The number of hydrogen-bond acceptors (Lipinski definition) is 6. The Hall–Kier alpha value is -1.57. The summed E-state index contributed by atoms with van der Waals surface area (Å²) in [6.07, 6.45) is 64.1. The van der Waals surface area contributed by atoms with Crippen LogP contribution in [0.1, 0.15) is 304 Å². The first kappa shape index (κ1) is 69.0. The molecule has 0 rings (SSSR count). The first-order valence-corrected chi connectivity index (χ1v) is 29.4. The van der Waals surface area contributed by atoms with Crippen LogP contribution in [-0.4, -0.2) is 40.4 Å². The average Bonchev–Trinajstić information content (AvgIpc) is 3.28. The van der Waals surface area contributed by atoms with E-state index in [0.29, 0.717) is 0 Å². The molecule has 0 aromatic heterocycles. The molecule has 0 saturated heterocycles. The molecule has 374 valence electrons. The summed E-state index contributed by atoms with van der Waals surface area (Å²) < 4.78 is 1.41. The molecule has 0 saturated carbocycles. The molecule has 6 nitrogen and oxygen atoms in total. The van der Waals surface area contributed by atoms with Gasteiger partial charge in [-0.05, 0) is 116 Å². The van der Waals surface area contributed by atoms with E-state index in [2.05, 4.69) is 64.2 Å². The molecule has 0 radical (unpaired) electrons. The maximum absolute atomic E-state index is 10.2. The van der Waals surface area contributed by atoms with Crippen LogP contribution in [0.4, 0.5) is 0 Å². The number of carboxylic acid groups (broad SMARTS) is 3. The van der Waals surface area contributed by atoms with E-state index in [1.54, 1.807) is 22.5 Å². The van der Waals surface area contributed by atoms with E-state index in [1.165, 1.54) is 203 Å². The third kappa shape index (κ3) is 83.9. The molecule has 0 fully saturated rings. The van der Waals surface area contributed by atoms with Crippen molar-refractivity contribution in [3.63, 3.8) is 0 Å². The second-order valence-corrected chi connectivity index (χ2v) is 19.3. The van der Waals surface area contributed by atoms with E-state index in [1.807, 2.05) is 0 Å². The number of unbranched alkanes of at least 4 members (excludes halogenated alkanes) is 33. The standard InChI is InChI=1S/3C18H34O2.C3H7.Sn/c3*1-2-3-4-5-6-7-8-9-10-11-12-13-14-15-16-17-18(19)20;1-3-2;/h3*9-10H,2-8,11-17H2,1H3,(H,19,20);1,3H2,2H3;/q;;;;+3/p-3. The Balaban J connectivity index is -0.000000404. The zero-order valence-corrected chi connectivity index (χ0v) is 45.9. The molecule has 0 heterocycles. The van der Waals surface area contributed by atoms with Gasteiger partial charge in [0.05, 0.1) is 0 Å². The summed E-state index contributed by atoms with van der Waals surface area (Å²) in [7, 11) is 0. The van der Waals surface area contributed by atoms with E-state index in [-0.39, 0.29) is 19.3 Å². The summed E-state index contributed by atoms with van der Waals surface area (Å²) in [6, 6.07) is 0. The fourth-order valence-corrected chi connectivity index (χ4v) is 7.02. The Morgan fingerprint density at radius 2 is 0.438 bits per heavy atom. The monoisotopic (exact) mass is 1010 g/mol. The molecule has 0 bridgehead atoms. The molecule has 0 aliphatic heterocycles. The third-order valence-corrected chi connectivity index (χ3v) is 12.6. The van der Waals surface area contributed by atoms with Gasteiger partial charge in [-0.3, -0.25) is 0 Å². The minimum absolute atomic E-state index is 0.220. The van der Waals surface area contributed by atoms with Gasteiger partial charge >= 0.3 is 40.3 Å². The maximum atomic E-state index is 10.2. The summed E-state index contributed by atoms with van der Waals surface area (Å²) in [5, 5.41) is 30.6. The zero-order chi connectivity index (χ0) is 48.1. The Bertz CT molecular complexity index is 856. The molecule has 7 heteroatoms. The van der Waals surface area contributed by atoms with Crippen LogP contribution in [0.5, 0.6) is 0 Å². The van der Waals surface area contributed by atoms with Crippen molar-refractivity contribution in [2.45, 2.75) is 308 Å². The summed E-state index contributed by atoms with van der Waals surface area (Å²) in [5.74, 6) is -2.74. The predicted molar refractivity (Wildman–Crippen MR) is 274 cm³/mol. The van der Waals surface area contributed by atoms with E-state index >= 15 is 0 Å². The van der Waals surface area contributed by atoms with Crippen LogP contribution in [0.25, 0.3) is 0 Å². The molecule has 0 aliphatic carbocycles. The van der Waals surface area contributed by atoms with Crippen LogP contribution in [0.2, 0.25) is 4.44 Å². The second kappa shape index (κ2) is 68.0. The van der Waals surface area contributed by atoms with Crippen molar-refractivity contribution in [1.29, 1.82) is 0 Å². The molecule has 0 N–H and O–H groups in total. The van der Waals surface area contributed by atoms with Gasteiger partial charge < -0.3 is 29.7 Å². The predicted octanol–water partition coefficient (Wildman–Crippen LogP) is 15.3. The summed E-state index contributed by atoms with van der Waals surface area (Å²) >= 11 is 1.67. The van der Waals surface area contributed by atoms with Crippen molar-refractivity contribution in [1.82, 2.24) is 0 Å². The van der Waals surface area contributed by atoms with Crippen LogP contribution >= 0.6 is 0 Å². The van der Waals surface area contributed by atoms with Gasteiger partial charge in [0.1, 0.15) is 0 Å². The van der Waals surface area contributed by atoms with E-state index in [9.17, 15) is 29.7 Å². The second-order valence-electron chi connectivity index (χ2n) is 17.9. The molecule has 0 spiro atoms. The topological polar surface area (TPSA) is 120 Å². The number of rotatable bonds is 46. The first-order valence-electron chi connectivity index (χ1n) is 27.4. The van der Waals surface area contributed by atoms with Gasteiger partial charge in [-0.15, -0.1) is 0 Å². The van der Waals surface area contributed by atoms with Crippen molar-refractivity contribution in [3.8, 4) is 0 Å². The van der Waals surface area contributed by atoms with E-state index in [0.717, 1.165) is 57.8 Å².